The van der Waals surface area contributed by atoms with Crippen LogP contribution in [-0.4, -0.2) is 26.0 Å². The summed E-state index contributed by atoms with van der Waals surface area (Å²) in [6, 6.07) is 3.86. The highest BCUT2D eigenvalue weighted by molar-refractivity contribution is 7.99. The third-order valence-electron chi connectivity index (χ3n) is 2.68. The van der Waals surface area contributed by atoms with Crippen molar-refractivity contribution in [1.29, 1.82) is 0 Å². The van der Waals surface area contributed by atoms with Crippen LogP contribution in [0.2, 0.25) is 0 Å². The molecule has 0 aliphatic heterocycles. The molecule has 2 rings (SSSR count). The highest BCUT2D eigenvalue weighted by Gasteiger charge is 2.10. The standard InChI is InChI=1S/C12H16N4S/c1-9(17-2)7-16-8-14-6-11(16)10-4-3-5-15-12(10)13/h3-6,8-9H,7H2,1-2H3,(H2,13,15). The topological polar surface area (TPSA) is 56.7 Å². The molecule has 0 aliphatic carbocycles. The fraction of sp³-hybridized carbons (Fsp3) is 0.333. The summed E-state index contributed by atoms with van der Waals surface area (Å²) in [5, 5.41) is 0.542. The molecule has 0 spiro atoms. The second-order valence-electron chi connectivity index (χ2n) is 3.91. The minimum absolute atomic E-state index is 0.542. The lowest BCUT2D eigenvalue weighted by Crippen LogP contribution is -2.09. The highest BCUT2D eigenvalue weighted by Crippen LogP contribution is 2.24. The van der Waals surface area contributed by atoms with Gasteiger partial charge in [0, 0.05) is 23.6 Å². The smallest absolute Gasteiger partial charge is 0.132 e. The number of nitrogens with two attached hydrogens (primary N) is 1. The van der Waals surface area contributed by atoms with Gasteiger partial charge in [0.05, 0.1) is 18.2 Å². The van der Waals surface area contributed by atoms with E-state index in [2.05, 4.69) is 27.7 Å². The monoisotopic (exact) mass is 248 g/mol. The first kappa shape index (κ1) is 12.0. The van der Waals surface area contributed by atoms with Crippen molar-refractivity contribution < 1.29 is 0 Å². The lowest BCUT2D eigenvalue weighted by Gasteiger charge is -2.13. The van der Waals surface area contributed by atoms with Crippen molar-refractivity contribution in [1.82, 2.24) is 14.5 Å². The van der Waals surface area contributed by atoms with Gasteiger partial charge in [-0.15, -0.1) is 0 Å². The Morgan fingerprint density at radius 1 is 1.53 bits per heavy atom. The van der Waals surface area contributed by atoms with Crippen LogP contribution in [0.1, 0.15) is 6.92 Å². The molecule has 17 heavy (non-hydrogen) atoms. The predicted molar refractivity (Wildman–Crippen MR) is 72.8 cm³/mol. The van der Waals surface area contributed by atoms with Crippen molar-refractivity contribution in [3.05, 3.63) is 30.9 Å². The molecule has 90 valence electrons. The molecule has 0 bridgehead atoms. The average molecular weight is 248 g/mol. The van der Waals surface area contributed by atoms with Gasteiger partial charge >= 0.3 is 0 Å². The second kappa shape index (κ2) is 5.23. The molecule has 0 fully saturated rings. The van der Waals surface area contributed by atoms with E-state index >= 15 is 0 Å². The Morgan fingerprint density at radius 2 is 2.35 bits per heavy atom. The molecule has 1 unspecified atom stereocenters. The van der Waals surface area contributed by atoms with Crippen LogP contribution in [0.25, 0.3) is 11.3 Å². The number of nitrogens with zero attached hydrogens (tertiary/aromatic N) is 3. The lowest BCUT2D eigenvalue weighted by atomic mass is 10.2. The van der Waals surface area contributed by atoms with Gasteiger partial charge in [0.1, 0.15) is 5.82 Å². The molecule has 0 saturated heterocycles. The van der Waals surface area contributed by atoms with Crippen LogP contribution in [0.15, 0.2) is 30.9 Å². The average Bonchev–Trinajstić information content (AvgIpc) is 2.77. The molecule has 0 saturated carbocycles. The molecule has 2 heterocycles. The van der Waals surface area contributed by atoms with Gasteiger partial charge in [-0.25, -0.2) is 9.97 Å². The Labute approximate surface area is 105 Å². The van der Waals surface area contributed by atoms with Crippen molar-refractivity contribution >= 4 is 17.6 Å². The van der Waals surface area contributed by atoms with Gasteiger partial charge in [0.15, 0.2) is 0 Å². The Kier molecular flexibility index (Phi) is 3.68. The van der Waals surface area contributed by atoms with Gasteiger partial charge in [-0.05, 0) is 18.4 Å². The number of hydrogen-bond acceptors (Lipinski definition) is 4. The van der Waals surface area contributed by atoms with Crippen LogP contribution >= 0.6 is 11.8 Å². The van der Waals surface area contributed by atoms with Gasteiger partial charge < -0.3 is 10.3 Å². The first-order valence-electron chi connectivity index (χ1n) is 5.46. The van der Waals surface area contributed by atoms with Crippen molar-refractivity contribution in [3.8, 4) is 11.3 Å². The van der Waals surface area contributed by atoms with Crippen LogP contribution in [0.3, 0.4) is 0 Å². The SMILES string of the molecule is CSC(C)Cn1cncc1-c1cccnc1N. The molecule has 0 aliphatic rings. The quantitative estimate of drug-likeness (QED) is 0.902. The molecular weight excluding hydrogens is 232 g/mol. The first-order valence-corrected chi connectivity index (χ1v) is 6.75. The van der Waals surface area contributed by atoms with E-state index in [-0.39, 0.29) is 0 Å². The van der Waals surface area contributed by atoms with E-state index in [0.29, 0.717) is 11.1 Å². The Balaban J connectivity index is 2.34. The van der Waals surface area contributed by atoms with Crippen LogP contribution < -0.4 is 5.73 Å². The largest absolute Gasteiger partial charge is 0.383 e. The molecule has 0 radical (unpaired) electrons. The minimum atomic E-state index is 0.542. The molecule has 0 amide bonds. The van der Waals surface area contributed by atoms with E-state index < -0.39 is 0 Å². The predicted octanol–water partition coefficient (Wildman–Crippen LogP) is 2.28. The zero-order valence-electron chi connectivity index (χ0n) is 10.00. The zero-order valence-corrected chi connectivity index (χ0v) is 10.8. The van der Waals surface area contributed by atoms with Gasteiger partial charge in [0.25, 0.3) is 0 Å². The molecule has 0 aromatic carbocycles. The summed E-state index contributed by atoms with van der Waals surface area (Å²) < 4.78 is 2.12. The summed E-state index contributed by atoms with van der Waals surface area (Å²) in [7, 11) is 0. The fourth-order valence-electron chi connectivity index (χ4n) is 1.68. The number of hydrogen-bond donors (Lipinski definition) is 1. The van der Waals surface area contributed by atoms with Crippen molar-refractivity contribution in [2.75, 3.05) is 12.0 Å². The Bertz CT molecular complexity index is 495. The summed E-state index contributed by atoms with van der Waals surface area (Å²) in [6.07, 6.45) is 7.48. The molecule has 2 N–H and O–H groups in total. The zero-order chi connectivity index (χ0) is 12.3. The van der Waals surface area contributed by atoms with E-state index in [1.807, 2.05) is 36.4 Å². The van der Waals surface area contributed by atoms with Crippen LogP contribution in [0.4, 0.5) is 5.82 Å². The number of anilines is 1. The number of nitrogen functional groups attached to an aromatic ring is 1. The third-order valence-corrected chi connectivity index (χ3v) is 3.64. The van der Waals surface area contributed by atoms with Gasteiger partial charge in [-0.1, -0.05) is 6.92 Å². The minimum Gasteiger partial charge on any atom is -0.383 e. The summed E-state index contributed by atoms with van der Waals surface area (Å²) in [5.41, 5.74) is 7.85. The van der Waals surface area contributed by atoms with E-state index in [1.54, 1.807) is 6.20 Å². The van der Waals surface area contributed by atoms with Crippen molar-refractivity contribution in [2.45, 2.75) is 18.7 Å². The highest BCUT2D eigenvalue weighted by atomic mass is 32.2. The lowest BCUT2D eigenvalue weighted by molar-refractivity contribution is 0.698. The van der Waals surface area contributed by atoms with Gasteiger partial charge in [-0.3, -0.25) is 0 Å². The summed E-state index contributed by atoms with van der Waals surface area (Å²) in [5.74, 6) is 0.547. The van der Waals surface area contributed by atoms with Crippen LogP contribution in [0.5, 0.6) is 0 Å². The molecule has 4 nitrogen and oxygen atoms in total. The Morgan fingerprint density at radius 3 is 3.06 bits per heavy atom. The first-order chi connectivity index (χ1) is 8.22. The Hall–Kier alpha value is -1.49. The van der Waals surface area contributed by atoms with Crippen molar-refractivity contribution in [3.63, 3.8) is 0 Å². The normalized spacial score (nSPS) is 12.6. The molecular formula is C12H16N4S. The molecule has 2 aromatic heterocycles. The third kappa shape index (κ3) is 2.61. The molecule has 5 heteroatoms. The summed E-state index contributed by atoms with van der Waals surface area (Å²) >= 11 is 1.84. The maximum atomic E-state index is 5.89. The van der Waals surface area contributed by atoms with E-state index in [0.717, 1.165) is 17.8 Å². The maximum absolute atomic E-state index is 5.89. The number of thioether (sulfide) groups is 1. The summed E-state index contributed by atoms with van der Waals surface area (Å²) in [6.45, 7) is 3.12. The molecule has 1 atom stereocenters. The van der Waals surface area contributed by atoms with Crippen LogP contribution in [-0.2, 0) is 6.54 Å². The maximum Gasteiger partial charge on any atom is 0.132 e. The van der Waals surface area contributed by atoms with E-state index in [1.165, 1.54) is 0 Å². The second-order valence-corrected chi connectivity index (χ2v) is 5.19. The molecule has 2 aromatic rings. The van der Waals surface area contributed by atoms with Gasteiger partial charge in [-0.2, -0.15) is 11.8 Å². The van der Waals surface area contributed by atoms with Crippen LogP contribution in [0, 0.1) is 0 Å². The van der Waals surface area contributed by atoms with E-state index in [9.17, 15) is 0 Å². The number of pyridine rings is 1. The number of aromatic nitrogens is 3. The number of rotatable bonds is 4. The fourth-order valence-corrected chi connectivity index (χ4v) is 1.99. The van der Waals surface area contributed by atoms with Crippen molar-refractivity contribution in [2.24, 2.45) is 0 Å². The number of imidazole rings is 1. The summed E-state index contributed by atoms with van der Waals surface area (Å²) in [4.78, 5) is 8.30. The van der Waals surface area contributed by atoms with Gasteiger partial charge in [0.2, 0.25) is 0 Å². The van der Waals surface area contributed by atoms with E-state index in [4.69, 9.17) is 5.73 Å².